The van der Waals surface area contributed by atoms with Crippen molar-refractivity contribution in [1.29, 1.82) is 0 Å². The molecule has 0 spiro atoms. The molecule has 1 saturated heterocycles. The molecule has 186 valence electrons. The summed E-state index contributed by atoms with van der Waals surface area (Å²) in [6.45, 7) is 10.4. The Labute approximate surface area is 206 Å². The highest BCUT2D eigenvalue weighted by molar-refractivity contribution is 5.95. The molecule has 2 aliphatic heterocycles. The highest BCUT2D eigenvalue weighted by Crippen LogP contribution is 2.34. The van der Waals surface area contributed by atoms with Crippen molar-refractivity contribution < 1.29 is 19.1 Å². The summed E-state index contributed by atoms with van der Waals surface area (Å²) in [5.41, 5.74) is 4.23. The van der Waals surface area contributed by atoms with E-state index in [4.69, 9.17) is 9.47 Å². The van der Waals surface area contributed by atoms with E-state index in [0.29, 0.717) is 30.2 Å². The van der Waals surface area contributed by atoms with E-state index in [1.807, 2.05) is 31.2 Å². The van der Waals surface area contributed by atoms with Gasteiger partial charge in [0.05, 0.1) is 24.8 Å². The van der Waals surface area contributed by atoms with Gasteiger partial charge in [0.2, 0.25) is 0 Å². The van der Waals surface area contributed by atoms with E-state index in [-0.39, 0.29) is 12.6 Å². The van der Waals surface area contributed by atoms with Crippen molar-refractivity contribution in [2.75, 3.05) is 50.8 Å². The Kier molecular flexibility index (Phi) is 7.92. The number of nitrogens with one attached hydrogen (secondary N) is 2. The molecule has 2 heterocycles. The van der Waals surface area contributed by atoms with Crippen molar-refractivity contribution >= 4 is 17.7 Å². The summed E-state index contributed by atoms with van der Waals surface area (Å²) >= 11 is 0. The molecule has 8 heteroatoms. The molecule has 0 bridgehead atoms. The zero-order valence-electron chi connectivity index (χ0n) is 20.7. The lowest BCUT2D eigenvalue weighted by Gasteiger charge is -2.38. The highest BCUT2D eigenvalue weighted by atomic mass is 16.5. The number of para-hydroxylation sites is 2. The van der Waals surface area contributed by atoms with Crippen LogP contribution >= 0.6 is 0 Å². The van der Waals surface area contributed by atoms with Crippen LogP contribution in [0.15, 0.2) is 59.8 Å². The molecule has 2 aromatic carbocycles. The molecule has 35 heavy (non-hydrogen) atoms. The number of benzene rings is 2. The van der Waals surface area contributed by atoms with Gasteiger partial charge >= 0.3 is 12.0 Å². The molecular formula is C27H34N4O4. The molecule has 0 radical (unpaired) electrons. The van der Waals surface area contributed by atoms with Crippen LogP contribution in [0, 0.1) is 6.92 Å². The summed E-state index contributed by atoms with van der Waals surface area (Å²) in [5.74, 6) is 0.194. The maximum Gasteiger partial charge on any atom is 0.338 e. The van der Waals surface area contributed by atoms with Gasteiger partial charge in [-0.05, 0) is 38.5 Å². The van der Waals surface area contributed by atoms with Crippen molar-refractivity contribution in [2.24, 2.45) is 0 Å². The molecule has 1 atom stereocenters. The third-order valence-corrected chi connectivity index (χ3v) is 6.39. The van der Waals surface area contributed by atoms with Crippen LogP contribution in [0.3, 0.4) is 0 Å². The van der Waals surface area contributed by atoms with E-state index in [1.165, 1.54) is 11.3 Å². The minimum atomic E-state index is -0.659. The van der Waals surface area contributed by atoms with Gasteiger partial charge in [-0.25, -0.2) is 9.59 Å². The van der Waals surface area contributed by atoms with Crippen molar-refractivity contribution in [3.8, 4) is 5.75 Å². The van der Waals surface area contributed by atoms with Gasteiger partial charge in [-0.3, -0.25) is 4.90 Å². The number of nitrogens with zero attached hydrogens (tertiary/aromatic N) is 2. The fraction of sp³-hybridized carbons (Fsp3) is 0.407. The maximum absolute atomic E-state index is 13.1. The summed E-state index contributed by atoms with van der Waals surface area (Å²) in [6.07, 6.45) is 0. The van der Waals surface area contributed by atoms with Crippen LogP contribution < -0.4 is 20.3 Å². The van der Waals surface area contributed by atoms with E-state index in [2.05, 4.69) is 51.6 Å². The number of amides is 2. The monoisotopic (exact) mass is 478 g/mol. The summed E-state index contributed by atoms with van der Waals surface area (Å²) in [6, 6.07) is 14.9. The van der Waals surface area contributed by atoms with Crippen molar-refractivity contribution in [3.05, 3.63) is 70.9 Å². The Morgan fingerprint density at radius 1 is 1.00 bits per heavy atom. The van der Waals surface area contributed by atoms with E-state index in [9.17, 15) is 9.59 Å². The second-order valence-electron chi connectivity index (χ2n) is 8.66. The summed E-state index contributed by atoms with van der Waals surface area (Å²) in [5, 5.41) is 5.80. The molecule has 1 unspecified atom stereocenters. The molecule has 8 nitrogen and oxygen atoms in total. The average Bonchev–Trinajstić information content (AvgIpc) is 2.85. The van der Waals surface area contributed by atoms with Gasteiger partial charge in [-0.15, -0.1) is 0 Å². The molecule has 2 aromatic rings. The Bertz CT molecular complexity index is 1090. The second kappa shape index (κ2) is 11.3. The lowest BCUT2D eigenvalue weighted by Crippen LogP contribution is -2.52. The number of urea groups is 1. The van der Waals surface area contributed by atoms with Gasteiger partial charge in [0.1, 0.15) is 5.75 Å². The quantitative estimate of drug-likeness (QED) is 0.566. The van der Waals surface area contributed by atoms with Gasteiger partial charge in [0, 0.05) is 49.7 Å². The SMILES string of the molecule is CCOC(=O)C1=C(CN2CCN(c3ccccc3C)CC2)NC(=O)NC1c1ccccc1OCC. The number of rotatable bonds is 8. The first kappa shape index (κ1) is 24.6. The molecule has 0 aliphatic carbocycles. The van der Waals surface area contributed by atoms with Gasteiger partial charge in [-0.2, -0.15) is 0 Å². The Balaban J connectivity index is 1.59. The Hall–Kier alpha value is -3.52. The van der Waals surface area contributed by atoms with Gasteiger partial charge < -0.3 is 25.0 Å². The molecule has 1 fully saturated rings. The number of anilines is 1. The number of aryl methyl sites for hydroxylation is 1. The fourth-order valence-electron chi connectivity index (χ4n) is 4.72. The predicted molar refractivity (Wildman–Crippen MR) is 136 cm³/mol. The smallest absolute Gasteiger partial charge is 0.338 e. The Morgan fingerprint density at radius 2 is 1.71 bits per heavy atom. The maximum atomic E-state index is 13.1. The number of hydrogen-bond acceptors (Lipinski definition) is 6. The minimum absolute atomic E-state index is 0.248. The van der Waals surface area contributed by atoms with Gasteiger partial charge in [0.15, 0.2) is 0 Å². The minimum Gasteiger partial charge on any atom is -0.494 e. The first-order valence-corrected chi connectivity index (χ1v) is 12.2. The number of carbonyl (C=O) groups excluding carboxylic acids is 2. The number of ether oxygens (including phenoxy) is 2. The molecule has 4 rings (SSSR count). The normalized spacial score (nSPS) is 18.7. The molecule has 2 amide bonds. The summed E-state index contributed by atoms with van der Waals surface area (Å²) in [7, 11) is 0. The van der Waals surface area contributed by atoms with Gasteiger partial charge in [0.25, 0.3) is 0 Å². The largest absolute Gasteiger partial charge is 0.494 e. The van der Waals surface area contributed by atoms with Crippen molar-refractivity contribution in [2.45, 2.75) is 26.8 Å². The number of carbonyl (C=O) groups is 2. The third kappa shape index (κ3) is 5.59. The highest BCUT2D eigenvalue weighted by Gasteiger charge is 2.36. The summed E-state index contributed by atoms with van der Waals surface area (Å²) < 4.78 is 11.2. The zero-order chi connectivity index (χ0) is 24.8. The van der Waals surface area contributed by atoms with Crippen LogP contribution in [-0.2, 0) is 9.53 Å². The summed E-state index contributed by atoms with van der Waals surface area (Å²) in [4.78, 5) is 30.5. The third-order valence-electron chi connectivity index (χ3n) is 6.39. The molecule has 0 aromatic heterocycles. The molecule has 2 N–H and O–H groups in total. The van der Waals surface area contributed by atoms with Crippen molar-refractivity contribution in [1.82, 2.24) is 15.5 Å². The fourth-order valence-corrected chi connectivity index (χ4v) is 4.72. The van der Waals surface area contributed by atoms with Crippen LogP contribution in [-0.4, -0.2) is 62.8 Å². The number of esters is 1. The van der Waals surface area contributed by atoms with Crippen LogP contribution in [0.5, 0.6) is 5.75 Å². The van der Waals surface area contributed by atoms with E-state index in [1.54, 1.807) is 6.92 Å². The topological polar surface area (TPSA) is 83.1 Å². The van der Waals surface area contributed by atoms with Crippen LogP contribution in [0.1, 0.15) is 31.0 Å². The molecule has 2 aliphatic rings. The molecular weight excluding hydrogens is 444 g/mol. The zero-order valence-corrected chi connectivity index (χ0v) is 20.7. The van der Waals surface area contributed by atoms with Crippen molar-refractivity contribution in [3.63, 3.8) is 0 Å². The first-order valence-electron chi connectivity index (χ1n) is 12.2. The number of piperazine rings is 1. The van der Waals surface area contributed by atoms with Crippen LogP contribution in [0.2, 0.25) is 0 Å². The Morgan fingerprint density at radius 3 is 2.43 bits per heavy atom. The first-order chi connectivity index (χ1) is 17.0. The van der Waals surface area contributed by atoms with E-state index in [0.717, 1.165) is 31.7 Å². The lowest BCUT2D eigenvalue weighted by molar-refractivity contribution is -0.139. The van der Waals surface area contributed by atoms with E-state index >= 15 is 0 Å². The lowest BCUT2D eigenvalue weighted by atomic mass is 9.94. The van der Waals surface area contributed by atoms with Crippen LogP contribution in [0.4, 0.5) is 10.5 Å². The van der Waals surface area contributed by atoms with Crippen LogP contribution in [0.25, 0.3) is 0 Å². The predicted octanol–water partition coefficient (Wildman–Crippen LogP) is 3.39. The standard InChI is InChI=1S/C27H34N4O4/c1-4-34-23-13-9-7-11-20(23)25-24(26(32)35-5-2)21(28-27(33)29-25)18-30-14-16-31(17-15-30)22-12-8-6-10-19(22)3/h6-13,25H,4-5,14-18H2,1-3H3,(H2,28,29,33). The van der Waals surface area contributed by atoms with E-state index < -0.39 is 12.0 Å². The number of hydrogen-bond donors (Lipinski definition) is 2. The molecule has 0 saturated carbocycles. The average molecular weight is 479 g/mol. The second-order valence-corrected chi connectivity index (χ2v) is 8.66. The van der Waals surface area contributed by atoms with Gasteiger partial charge in [-0.1, -0.05) is 36.4 Å².